The Hall–Kier alpha value is -2.37. The van der Waals surface area contributed by atoms with Crippen molar-refractivity contribution in [3.63, 3.8) is 0 Å². The molecule has 4 aliphatic carbocycles. The summed E-state index contributed by atoms with van der Waals surface area (Å²) in [5.41, 5.74) is 5.97. The van der Waals surface area contributed by atoms with Crippen LogP contribution in [0, 0.1) is 56.7 Å². The summed E-state index contributed by atoms with van der Waals surface area (Å²) >= 11 is 0. The van der Waals surface area contributed by atoms with Gasteiger partial charge >= 0.3 is 5.97 Å². The molecule has 256 valence electrons. The van der Waals surface area contributed by atoms with Gasteiger partial charge in [-0.15, -0.1) is 5.10 Å². The molecule has 2 heterocycles. The highest BCUT2D eigenvalue weighted by atomic mass is 16.5. The molecule has 0 spiro atoms. The van der Waals surface area contributed by atoms with Gasteiger partial charge in [0.2, 0.25) is 5.91 Å². The van der Waals surface area contributed by atoms with Crippen LogP contribution in [0.25, 0.3) is 0 Å². The lowest BCUT2D eigenvalue weighted by Crippen LogP contribution is -2.69. The van der Waals surface area contributed by atoms with Crippen molar-refractivity contribution in [1.82, 2.24) is 20.2 Å². The van der Waals surface area contributed by atoms with Crippen molar-refractivity contribution < 1.29 is 24.2 Å². The van der Waals surface area contributed by atoms with Gasteiger partial charge in [0.15, 0.2) is 0 Å². The largest absolute Gasteiger partial charge is 0.481 e. The number of fused-ring (bicyclic) bond motifs is 3. The van der Waals surface area contributed by atoms with Crippen molar-refractivity contribution in [2.24, 2.45) is 62.4 Å². The number of hydrogen-bond acceptors (Lipinski definition) is 8. The molecule has 11 heteroatoms. The van der Waals surface area contributed by atoms with E-state index in [0.717, 1.165) is 38.5 Å². The minimum Gasteiger partial charge on any atom is -0.481 e. The second-order valence-corrected chi connectivity index (χ2v) is 16.8. The molecule has 1 saturated heterocycles. The third-order valence-corrected chi connectivity index (χ3v) is 14.5. The van der Waals surface area contributed by atoms with E-state index in [4.69, 9.17) is 15.2 Å². The average molecular weight is 641 g/mol. The average Bonchev–Trinajstić information content (AvgIpc) is 3.43. The first kappa shape index (κ1) is 33.5. The van der Waals surface area contributed by atoms with E-state index in [1.807, 2.05) is 0 Å². The van der Waals surface area contributed by atoms with Crippen LogP contribution in [0.1, 0.15) is 100.0 Å². The monoisotopic (exact) mass is 640 g/mol. The first-order valence-corrected chi connectivity index (χ1v) is 17.5. The summed E-state index contributed by atoms with van der Waals surface area (Å²) in [6.07, 6.45) is 7.65. The number of aliphatic carboxylic acids is 1. The molecular formula is C35H56N6O5. The van der Waals surface area contributed by atoms with E-state index in [0.29, 0.717) is 44.1 Å². The first-order valence-electron chi connectivity index (χ1n) is 17.5. The summed E-state index contributed by atoms with van der Waals surface area (Å²) in [4.78, 5) is 26.8. The standard InChI is InChI=1S/C35H56N6O5/c1-20(2)21(3)31(5)13-14-33(7)23-9-10-26-32(6)18-45-19-35(26,24(23)11-12-34(33,8)27(31)29(43)44)17-25(28(32)46-16-15-36)41-39-30(38-40-41)37-22(4)42/h11,20-21,23,25-28H,9-10,12-19,36H2,1-8H3,(H,43,44)(H,37,39,42)/t21-,23+,25-,26+,27?,28+,31-,32-,33-,34+,35+/m1/s1. The fourth-order valence-corrected chi connectivity index (χ4v) is 11.9. The Labute approximate surface area is 273 Å². The number of nitrogens with one attached hydrogen (secondary N) is 1. The fraction of sp³-hybridized carbons (Fsp3) is 0.857. The maximum absolute atomic E-state index is 13.4. The highest BCUT2D eigenvalue weighted by Crippen LogP contribution is 2.75. The van der Waals surface area contributed by atoms with Gasteiger partial charge in [-0.25, -0.2) is 0 Å². The molecule has 4 N–H and O–H groups in total. The van der Waals surface area contributed by atoms with Gasteiger partial charge in [-0.3, -0.25) is 14.9 Å². The number of allylic oxidation sites excluding steroid dienone is 1. The lowest BCUT2D eigenvalue weighted by atomic mass is 9.34. The van der Waals surface area contributed by atoms with Crippen LogP contribution in [-0.4, -0.2) is 69.7 Å². The Balaban J connectivity index is 1.45. The number of carbonyl (C=O) groups excluding carboxylic acids is 1. The Kier molecular flexibility index (Phi) is 8.28. The summed E-state index contributed by atoms with van der Waals surface area (Å²) < 4.78 is 13.2. The van der Waals surface area contributed by atoms with Crippen LogP contribution in [0.15, 0.2) is 11.6 Å². The smallest absolute Gasteiger partial charge is 0.307 e. The molecule has 1 aliphatic heterocycles. The molecular weight excluding hydrogens is 584 g/mol. The molecule has 1 unspecified atom stereocenters. The minimum atomic E-state index is -0.648. The van der Waals surface area contributed by atoms with Gasteiger partial charge in [0, 0.05) is 24.3 Å². The highest BCUT2D eigenvalue weighted by Gasteiger charge is 2.72. The third-order valence-electron chi connectivity index (χ3n) is 14.5. The molecule has 0 radical (unpaired) electrons. The number of anilines is 1. The molecule has 5 aliphatic rings. The van der Waals surface area contributed by atoms with Crippen molar-refractivity contribution >= 4 is 17.8 Å². The predicted molar refractivity (Wildman–Crippen MR) is 174 cm³/mol. The molecule has 11 nitrogen and oxygen atoms in total. The topological polar surface area (TPSA) is 154 Å². The Morgan fingerprint density at radius 1 is 1.15 bits per heavy atom. The predicted octanol–water partition coefficient (Wildman–Crippen LogP) is 5.11. The van der Waals surface area contributed by atoms with Crippen molar-refractivity contribution in [1.29, 1.82) is 0 Å². The summed E-state index contributed by atoms with van der Waals surface area (Å²) in [5.74, 6) is 0.137. The van der Waals surface area contributed by atoms with E-state index in [1.165, 1.54) is 12.5 Å². The SMILES string of the molecule is CC(=O)Nc1nnn([C@@H]2C[C@@]34COC[C@](C)([C@@H]3CC[C@H]3C4=CC[C@@]4(C)C(C(=O)O)[C@@](C)([C@H](C)C(C)C)CC[C@]34C)[C@H]2OCCN)n1. The van der Waals surface area contributed by atoms with Crippen LogP contribution in [0.5, 0.6) is 0 Å². The quantitative estimate of drug-likeness (QED) is 0.329. The van der Waals surface area contributed by atoms with Gasteiger partial charge in [-0.2, -0.15) is 4.80 Å². The van der Waals surface area contributed by atoms with E-state index < -0.39 is 11.9 Å². The van der Waals surface area contributed by atoms with E-state index in [-0.39, 0.29) is 57.0 Å². The maximum Gasteiger partial charge on any atom is 0.307 e. The number of carboxylic acid groups (broad SMARTS) is 1. The van der Waals surface area contributed by atoms with Gasteiger partial charge in [-0.1, -0.05) is 65.2 Å². The second kappa shape index (κ2) is 11.4. The van der Waals surface area contributed by atoms with Crippen LogP contribution in [-0.2, 0) is 19.1 Å². The Morgan fingerprint density at radius 2 is 1.89 bits per heavy atom. The molecule has 3 saturated carbocycles. The number of amides is 1. The van der Waals surface area contributed by atoms with Crippen LogP contribution in [0.3, 0.4) is 0 Å². The first-order chi connectivity index (χ1) is 21.6. The number of rotatable bonds is 8. The summed E-state index contributed by atoms with van der Waals surface area (Å²) in [6.45, 7) is 19.4. The molecule has 46 heavy (non-hydrogen) atoms. The molecule has 4 fully saturated rings. The normalized spacial score (nSPS) is 44.0. The molecule has 1 amide bonds. The summed E-state index contributed by atoms with van der Waals surface area (Å²) in [5, 5.41) is 26.9. The van der Waals surface area contributed by atoms with E-state index >= 15 is 0 Å². The van der Waals surface area contributed by atoms with Crippen LogP contribution < -0.4 is 11.1 Å². The Bertz CT molecular complexity index is 1400. The Morgan fingerprint density at radius 3 is 2.54 bits per heavy atom. The zero-order valence-electron chi connectivity index (χ0n) is 29.1. The number of nitrogens with zero attached hydrogens (tertiary/aromatic N) is 4. The number of ether oxygens (including phenoxy) is 2. The number of hydrogen-bond donors (Lipinski definition) is 3. The van der Waals surface area contributed by atoms with E-state index in [9.17, 15) is 14.7 Å². The molecule has 2 bridgehead atoms. The molecule has 1 aromatic rings. The second-order valence-electron chi connectivity index (χ2n) is 16.8. The van der Waals surface area contributed by atoms with Crippen molar-refractivity contribution in [2.75, 3.05) is 31.7 Å². The van der Waals surface area contributed by atoms with Crippen LogP contribution >= 0.6 is 0 Å². The lowest BCUT2D eigenvalue weighted by Gasteiger charge is -2.71. The number of nitrogens with two attached hydrogens (primary N) is 1. The van der Waals surface area contributed by atoms with Crippen LogP contribution in [0.2, 0.25) is 0 Å². The zero-order valence-corrected chi connectivity index (χ0v) is 29.1. The molecule has 11 atom stereocenters. The van der Waals surface area contributed by atoms with Crippen molar-refractivity contribution in [2.45, 2.75) is 106 Å². The molecule has 1 aromatic heterocycles. The summed E-state index contributed by atoms with van der Waals surface area (Å²) in [6, 6.07) is -0.235. The highest BCUT2D eigenvalue weighted by molar-refractivity contribution is 5.86. The van der Waals surface area contributed by atoms with Gasteiger partial charge < -0.3 is 20.3 Å². The number of carboxylic acids is 1. The fourth-order valence-electron chi connectivity index (χ4n) is 11.9. The number of aromatic nitrogens is 4. The number of tetrazole rings is 1. The van der Waals surface area contributed by atoms with Gasteiger partial charge in [0.05, 0.1) is 31.8 Å². The van der Waals surface area contributed by atoms with Crippen LogP contribution in [0.4, 0.5) is 5.95 Å². The van der Waals surface area contributed by atoms with Gasteiger partial charge in [0.1, 0.15) is 6.04 Å². The van der Waals surface area contributed by atoms with E-state index in [1.54, 1.807) is 4.80 Å². The van der Waals surface area contributed by atoms with Crippen molar-refractivity contribution in [3.05, 3.63) is 11.6 Å². The number of carbonyl (C=O) groups is 2. The molecule has 0 aromatic carbocycles. The van der Waals surface area contributed by atoms with Gasteiger partial charge in [-0.05, 0) is 83.7 Å². The maximum atomic E-state index is 13.4. The zero-order chi connectivity index (χ0) is 33.4. The minimum absolute atomic E-state index is 0.170. The van der Waals surface area contributed by atoms with E-state index in [2.05, 4.69) is 75.3 Å². The lowest BCUT2D eigenvalue weighted by molar-refractivity contribution is -0.250. The third kappa shape index (κ3) is 4.57. The van der Waals surface area contributed by atoms with Gasteiger partial charge in [0.25, 0.3) is 5.95 Å². The summed E-state index contributed by atoms with van der Waals surface area (Å²) in [7, 11) is 0. The van der Waals surface area contributed by atoms with Crippen molar-refractivity contribution in [3.8, 4) is 0 Å². The molecule has 6 rings (SSSR count).